The number of hydrogen-bond acceptors (Lipinski definition) is 3. The van der Waals surface area contributed by atoms with Crippen molar-refractivity contribution >= 4 is 21.6 Å². The molecule has 0 spiro atoms. The van der Waals surface area contributed by atoms with Gasteiger partial charge in [0, 0.05) is 11.6 Å². The number of sulfonamides is 1. The Kier molecular flexibility index (Phi) is 3.68. The zero-order chi connectivity index (χ0) is 13.2. The molecule has 0 saturated heterocycles. The predicted molar refractivity (Wildman–Crippen MR) is 68.4 cm³/mol. The highest BCUT2D eigenvalue weighted by Crippen LogP contribution is 2.26. The van der Waals surface area contributed by atoms with E-state index in [1.54, 1.807) is 12.1 Å². The number of carbonyl (C=O) groups is 1. The van der Waals surface area contributed by atoms with Crippen molar-refractivity contribution in [2.24, 2.45) is 11.1 Å². The summed E-state index contributed by atoms with van der Waals surface area (Å²) in [6.45, 7) is 0. The largest absolute Gasteiger partial charge is 0.326 e. The van der Waals surface area contributed by atoms with Crippen LogP contribution in [-0.2, 0) is 14.8 Å². The molecule has 0 heterocycles. The zero-order valence-corrected chi connectivity index (χ0v) is 10.7. The molecule has 18 heavy (non-hydrogen) atoms. The number of primary sulfonamides is 1. The van der Waals surface area contributed by atoms with Gasteiger partial charge in [-0.05, 0) is 31.0 Å². The van der Waals surface area contributed by atoms with Crippen LogP contribution in [0.3, 0.4) is 0 Å². The molecule has 2 rings (SSSR count). The third-order valence-corrected chi connectivity index (χ3v) is 4.07. The predicted octanol–water partition coefficient (Wildman–Crippen LogP) is 1.46. The van der Waals surface area contributed by atoms with Gasteiger partial charge in [-0.25, -0.2) is 13.6 Å². The molecule has 0 aromatic heterocycles. The maximum atomic E-state index is 11.9. The normalized spacial score (nSPS) is 16.7. The van der Waals surface area contributed by atoms with Crippen LogP contribution in [0.4, 0.5) is 5.69 Å². The molecule has 1 fully saturated rings. The fraction of sp³-hybridized carbons (Fsp3) is 0.417. The summed E-state index contributed by atoms with van der Waals surface area (Å²) in [4.78, 5) is 11.9. The Bertz CT molecular complexity index is 548. The van der Waals surface area contributed by atoms with Gasteiger partial charge in [0.1, 0.15) is 0 Å². The molecular formula is C12H16N2O3S. The molecule has 0 atom stereocenters. The van der Waals surface area contributed by atoms with Crippen LogP contribution in [0, 0.1) is 5.92 Å². The zero-order valence-electron chi connectivity index (χ0n) is 9.93. The van der Waals surface area contributed by atoms with Crippen LogP contribution < -0.4 is 10.5 Å². The molecule has 1 saturated carbocycles. The van der Waals surface area contributed by atoms with E-state index in [-0.39, 0.29) is 16.7 Å². The first kappa shape index (κ1) is 13.0. The number of benzene rings is 1. The number of hydrogen-bond donors (Lipinski definition) is 2. The quantitative estimate of drug-likeness (QED) is 0.869. The number of nitrogens with two attached hydrogens (primary N) is 1. The molecule has 1 aromatic rings. The van der Waals surface area contributed by atoms with Gasteiger partial charge in [-0.1, -0.05) is 18.9 Å². The van der Waals surface area contributed by atoms with Gasteiger partial charge in [-0.2, -0.15) is 0 Å². The van der Waals surface area contributed by atoms with E-state index in [4.69, 9.17) is 5.14 Å². The number of nitrogens with one attached hydrogen (secondary N) is 1. The van der Waals surface area contributed by atoms with E-state index in [9.17, 15) is 13.2 Å². The number of anilines is 1. The molecule has 0 unspecified atom stereocenters. The van der Waals surface area contributed by atoms with Crippen molar-refractivity contribution in [1.82, 2.24) is 0 Å². The highest BCUT2D eigenvalue weighted by Gasteiger charge is 2.22. The molecule has 1 aliphatic carbocycles. The topological polar surface area (TPSA) is 89.3 Å². The first-order chi connectivity index (χ1) is 8.47. The highest BCUT2D eigenvalue weighted by molar-refractivity contribution is 7.89. The third kappa shape index (κ3) is 3.08. The van der Waals surface area contributed by atoms with Crippen LogP contribution in [0.25, 0.3) is 0 Å². The van der Waals surface area contributed by atoms with Crippen LogP contribution in [0.1, 0.15) is 25.7 Å². The molecule has 0 aliphatic heterocycles. The van der Waals surface area contributed by atoms with Gasteiger partial charge in [-0.3, -0.25) is 4.79 Å². The Balaban J connectivity index is 2.12. The molecular weight excluding hydrogens is 252 g/mol. The third-order valence-electron chi connectivity index (χ3n) is 3.16. The molecule has 6 heteroatoms. The average molecular weight is 268 g/mol. The SMILES string of the molecule is NS(=O)(=O)c1cccc(NC(=O)C2CCCC2)c1. The minimum atomic E-state index is -3.73. The molecule has 3 N–H and O–H groups in total. The van der Waals surface area contributed by atoms with Gasteiger partial charge >= 0.3 is 0 Å². The minimum Gasteiger partial charge on any atom is -0.326 e. The Morgan fingerprint density at radius 2 is 1.94 bits per heavy atom. The van der Waals surface area contributed by atoms with E-state index >= 15 is 0 Å². The van der Waals surface area contributed by atoms with Crippen molar-refractivity contribution in [3.05, 3.63) is 24.3 Å². The van der Waals surface area contributed by atoms with E-state index in [0.29, 0.717) is 5.69 Å². The molecule has 1 aromatic carbocycles. The summed E-state index contributed by atoms with van der Waals surface area (Å²) < 4.78 is 22.4. The first-order valence-electron chi connectivity index (χ1n) is 5.90. The monoisotopic (exact) mass is 268 g/mol. The summed E-state index contributed by atoms with van der Waals surface area (Å²) in [6, 6.07) is 5.99. The van der Waals surface area contributed by atoms with Gasteiger partial charge < -0.3 is 5.32 Å². The average Bonchev–Trinajstić information content (AvgIpc) is 2.81. The van der Waals surface area contributed by atoms with E-state index in [0.717, 1.165) is 25.7 Å². The van der Waals surface area contributed by atoms with Crippen molar-refractivity contribution < 1.29 is 13.2 Å². The molecule has 1 aliphatic rings. The second kappa shape index (κ2) is 5.07. The van der Waals surface area contributed by atoms with Crippen LogP contribution in [0.2, 0.25) is 0 Å². The molecule has 0 radical (unpaired) electrons. The fourth-order valence-electron chi connectivity index (χ4n) is 2.18. The number of carbonyl (C=O) groups excluding carboxylic acids is 1. The van der Waals surface area contributed by atoms with Gasteiger partial charge in [0.25, 0.3) is 0 Å². The van der Waals surface area contributed by atoms with Crippen molar-refractivity contribution in [3.8, 4) is 0 Å². The van der Waals surface area contributed by atoms with Crippen molar-refractivity contribution in [3.63, 3.8) is 0 Å². The molecule has 1 amide bonds. The second-order valence-electron chi connectivity index (χ2n) is 4.54. The summed E-state index contributed by atoms with van der Waals surface area (Å²) in [5, 5.41) is 7.78. The van der Waals surface area contributed by atoms with E-state index in [1.807, 2.05) is 0 Å². The fourth-order valence-corrected chi connectivity index (χ4v) is 2.74. The summed E-state index contributed by atoms with van der Waals surface area (Å²) in [6.07, 6.45) is 3.96. The van der Waals surface area contributed by atoms with Crippen molar-refractivity contribution in [2.75, 3.05) is 5.32 Å². The lowest BCUT2D eigenvalue weighted by molar-refractivity contribution is -0.119. The maximum absolute atomic E-state index is 11.9. The Hall–Kier alpha value is -1.40. The van der Waals surface area contributed by atoms with E-state index in [1.165, 1.54) is 12.1 Å². The van der Waals surface area contributed by atoms with Crippen LogP contribution in [0.5, 0.6) is 0 Å². The summed E-state index contributed by atoms with van der Waals surface area (Å²) in [5.74, 6) is 0.00205. The number of rotatable bonds is 3. The second-order valence-corrected chi connectivity index (χ2v) is 6.10. The van der Waals surface area contributed by atoms with Crippen molar-refractivity contribution in [2.45, 2.75) is 30.6 Å². The lowest BCUT2D eigenvalue weighted by Gasteiger charge is -2.10. The Morgan fingerprint density at radius 1 is 1.28 bits per heavy atom. The number of amides is 1. The lowest BCUT2D eigenvalue weighted by Crippen LogP contribution is -2.20. The first-order valence-corrected chi connectivity index (χ1v) is 7.45. The standard InChI is InChI=1S/C12H16N2O3S/c13-18(16,17)11-7-3-6-10(8-11)14-12(15)9-4-1-2-5-9/h3,6-9H,1-2,4-5H2,(H,14,15)(H2,13,16,17). The smallest absolute Gasteiger partial charge is 0.238 e. The maximum Gasteiger partial charge on any atom is 0.238 e. The molecule has 98 valence electrons. The van der Waals surface area contributed by atoms with Gasteiger partial charge in [0.05, 0.1) is 4.90 Å². The minimum absolute atomic E-state index is 0.00622. The van der Waals surface area contributed by atoms with Gasteiger partial charge in [-0.15, -0.1) is 0 Å². The van der Waals surface area contributed by atoms with Crippen molar-refractivity contribution in [1.29, 1.82) is 0 Å². The molecule has 0 bridgehead atoms. The van der Waals surface area contributed by atoms with Gasteiger partial charge in [0.15, 0.2) is 0 Å². The van der Waals surface area contributed by atoms with Crippen LogP contribution in [0.15, 0.2) is 29.2 Å². The Morgan fingerprint density at radius 3 is 2.56 bits per heavy atom. The molecule has 5 nitrogen and oxygen atoms in total. The highest BCUT2D eigenvalue weighted by atomic mass is 32.2. The van der Waals surface area contributed by atoms with Crippen LogP contribution in [-0.4, -0.2) is 14.3 Å². The van der Waals surface area contributed by atoms with E-state index in [2.05, 4.69) is 5.32 Å². The summed E-state index contributed by atoms with van der Waals surface area (Å²) in [5.41, 5.74) is 0.471. The van der Waals surface area contributed by atoms with Crippen LogP contribution >= 0.6 is 0 Å². The van der Waals surface area contributed by atoms with Gasteiger partial charge in [0.2, 0.25) is 15.9 Å². The summed E-state index contributed by atoms with van der Waals surface area (Å²) >= 11 is 0. The van der Waals surface area contributed by atoms with E-state index < -0.39 is 10.0 Å². The lowest BCUT2D eigenvalue weighted by atomic mass is 10.1. The Labute approximate surface area is 106 Å². The summed E-state index contributed by atoms with van der Waals surface area (Å²) in [7, 11) is -3.73.